The van der Waals surface area contributed by atoms with E-state index in [0.29, 0.717) is 10.4 Å². The average molecular weight is 232 g/mol. The van der Waals surface area contributed by atoms with Crippen molar-refractivity contribution in [1.82, 2.24) is 9.97 Å². The van der Waals surface area contributed by atoms with Crippen molar-refractivity contribution in [2.75, 3.05) is 7.11 Å². The van der Waals surface area contributed by atoms with Crippen LogP contribution in [-0.4, -0.2) is 17.1 Å². The van der Waals surface area contributed by atoms with E-state index in [1.54, 1.807) is 13.4 Å². The second kappa shape index (κ2) is 4.45. The smallest absolute Gasteiger partial charge is 0.179 e. The highest BCUT2D eigenvalue weighted by Crippen LogP contribution is 2.27. The van der Waals surface area contributed by atoms with E-state index in [9.17, 15) is 0 Å². The van der Waals surface area contributed by atoms with Crippen molar-refractivity contribution in [3.8, 4) is 17.0 Å². The van der Waals surface area contributed by atoms with Gasteiger partial charge in [-0.25, -0.2) is 4.98 Å². The molecule has 0 saturated heterocycles. The van der Waals surface area contributed by atoms with Gasteiger partial charge in [-0.15, -0.1) is 0 Å². The molecular weight excluding hydrogens is 220 g/mol. The fraction of sp³-hybridized carbons (Fsp3) is 0.167. The molecule has 16 heavy (non-hydrogen) atoms. The summed E-state index contributed by atoms with van der Waals surface area (Å²) in [7, 11) is 1.60. The van der Waals surface area contributed by atoms with E-state index in [2.05, 4.69) is 16.9 Å². The number of aryl methyl sites for hydroxylation is 1. The highest BCUT2D eigenvalue weighted by Gasteiger charge is 2.07. The Labute approximate surface area is 99.1 Å². The molecule has 1 N–H and O–H groups in total. The topological polar surface area (TPSA) is 37.9 Å². The minimum Gasteiger partial charge on any atom is -0.491 e. The number of aromatic amines is 1. The normalized spacial score (nSPS) is 10.1. The second-order valence-corrected chi connectivity index (χ2v) is 3.87. The summed E-state index contributed by atoms with van der Waals surface area (Å²) < 4.78 is 5.73. The molecule has 1 aromatic carbocycles. The van der Waals surface area contributed by atoms with Crippen LogP contribution in [0.4, 0.5) is 0 Å². The van der Waals surface area contributed by atoms with Crippen LogP contribution in [0.5, 0.6) is 5.75 Å². The molecule has 1 heterocycles. The first kappa shape index (κ1) is 10.8. The molecule has 2 aromatic rings. The van der Waals surface area contributed by atoms with E-state index in [4.69, 9.17) is 17.0 Å². The molecule has 0 fully saturated rings. The van der Waals surface area contributed by atoms with E-state index >= 15 is 0 Å². The number of ether oxygens (including phenoxy) is 1. The van der Waals surface area contributed by atoms with Crippen LogP contribution in [0.3, 0.4) is 0 Å². The maximum Gasteiger partial charge on any atom is 0.179 e. The van der Waals surface area contributed by atoms with Crippen molar-refractivity contribution < 1.29 is 4.74 Å². The first-order chi connectivity index (χ1) is 7.72. The van der Waals surface area contributed by atoms with E-state index < -0.39 is 0 Å². The predicted molar refractivity (Wildman–Crippen MR) is 66.1 cm³/mol. The van der Waals surface area contributed by atoms with Crippen molar-refractivity contribution in [2.24, 2.45) is 0 Å². The predicted octanol–water partition coefficient (Wildman–Crippen LogP) is 3.12. The Morgan fingerprint density at radius 1 is 1.25 bits per heavy atom. The number of benzene rings is 1. The van der Waals surface area contributed by atoms with Crippen LogP contribution in [0.1, 0.15) is 5.56 Å². The first-order valence-corrected chi connectivity index (χ1v) is 5.32. The van der Waals surface area contributed by atoms with E-state index in [1.807, 2.05) is 24.3 Å². The van der Waals surface area contributed by atoms with Gasteiger partial charge in [0.25, 0.3) is 0 Å². The molecule has 0 atom stereocenters. The van der Waals surface area contributed by atoms with Crippen LogP contribution in [0.25, 0.3) is 11.3 Å². The fourth-order valence-corrected chi connectivity index (χ4v) is 1.75. The van der Waals surface area contributed by atoms with Crippen molar-refractivity contribution in [2.45, 2.75) is 6.92 Å². The van der Waals surface area contributed by atoms with Crippen LogP contribution < -0.4 is 4.74 Å². The van der Waals surface area contributed by atoms with E-state index in [-0.39, 0.29) is 0 Å². The number of nitrogens with zero attached hydrogens (tertiary/aromatic N) is 1. The SMILES string of the molecule is COc1c(-c2ccc(C)cc2)[nH]cnc1=S. The molecule has 4 heteroatoms. The summed E-state index contributed by atoms with van der Waals surface area (Å²) in [4.78, 5) is 7.05. The number of hydrogen-bond donors (Lipinski definition) is 1. The number of methoxy groups -OCH3 is 1. The summed E-state index contributed by atoms with van der Waals surface area (Å²) in [5, 5.41) is 0. The lowest BCUT2D eigenvalue weighted by molar-refractivity contribution is 0.411. The van der Waals surface area contributed by atoms with Crippen molar-refractivity contribution in [3.05, 3.63) is 40.8 Å². The molecule has 0 radical (unpaired) electrons. The minimum atomic E-state index is 0.469. The van der Waals surface area contributed by atoms with Crippen LogP contribution in [-0.2, 0) is 0 Å². The third kappa shape index (κ3) is 1.97. The Morgan fingerprint density at radius 3 is 2.56 bits per heavy atom. The Kier molecular flexibility index (Phi) is 3.01. The maximum atomic E-state index is 5.26. The number of rotatable bonds is 2. The fourth-order valence-electron chi connectivity index (χ4n) is 1.51. The molecule has 0 amide bonds. The molecule has 0 unspecified atom stereocenters. The lowest BCUT2D eigenvalue weighted by Gasteiger charge is -2.07. The zero-order valence-corrected chi connectivity index (χ0v) is 9.97. The summed E-state index contributed by atoms with van der Waals surface area (Å²) in [6.45, 7) is 2.05. The molecule has 1 aromatic heterocycles. The summed E-state index contributed by atoms with van der Waals surface area (Å²) in [6, 6.07) is 8.15. The standard InChI is InChI=1S/C12H12N2OS/c1-8-3-5-9(6-4-8)10-11(15-2)12(16)14-7-13-10/h3-7H,1-2H3,(H,13,14,16). The zero-order chi connectivity index (χ0) is 11.5. The number of nitrogens with one attached hydrogen (secondary N) is 1. The van der Waals surface area contributed by atoms with Gasteiger partial charge >= 0.3 is 0 Å². The van der Waals surface area contributed by atoms with Crippen LogP contribution in [0.15, 0.2) is 30.6 Å². The van der Waals surface area contributed by atoms with E-state index in [0.717, 1.165) is 11.3 Å². The van der Waals surface area contributed by atoms with Crippen molar-refractivity contribution >= 4 is 12.2 Å². The molecule has 0 aliphatic rings. The van der Waals surface area contributed by atoms with Gasteiger partial charge in [0, 0.05) is 5.56 Å². The molecular formula is C12H12N2OS. The molecule has 2 rings (SSSR count). The molecule has 3 nitrogen and oxygen atoms in total. The van der Waals surface area contributed by atoms with Gasteiger partial charge in [-0.3, -0.25) is 0 Å². The molecule has 0 saturated carbocycles. The highest BCUT2D eigenvalue weighted by atomic mass is 32.1. The molecule has 0 aliphatic heterocycles. The van der Waals surface area contributed by atoms with Gasteiger partial charge < -0.3 is 9.72 Å². The highest BCUT2D eigenvalue weighted by molar-refractivity contribution is 7.71. The van der Waals surface area contributed by atoms with Gasteiger partial charge in [0.1, 0.15) is 0 Å². The summed E-state index contributed by atoms with van der Waals surface area (Å²) in [5.41, 5.74) is 3.12. The van der Waals surface area contributed by atoms with Gasteiger partial charge in [0.2, 0.25) is 0 Å². The average Bonchev–Trinajstić information content (AvgIpc) is 2.30. The van der Waals surface area contributed by atoms with Gasteiger partial charge in [-0.05, 0) is 6.92 Å². The molecule has 0 spiro atoms. The molecule has 0 aliphatic carbocycles. The van der Waals surface area contributed by atoms with Crippen molar-refractivity contribution in [1.29, 1.82) is 0 Å². The Balaban J connectivity index is 2.60. The van der Waals surface area contributed by atoms with Crippen LogP contribution in [0, 0.1) is 11.6 Å². The monoisotopic (exact) mass is 232 g/mol. The quantitative estimate of drug-likeness (QED) is 0.808. The Bertz CT molecular complexity index is 546. The van der Waals surface area contributed by atoms with E-state index in [1.165, 1.54) is 5.56 Å². The summed E-state index contributed by atoms with van der Waals surface area (Å²) >= 11 is 5.11. The lowest BCUT2D eigenvalue weighted by Crippen LogP contribution is -1.94. The van der Waals surface area contributed by atoms with Gasteiger partial charge in [0.15, 0.2) is 10.4 Å². The molecule has 82 valence electrons. The number of hydrogen-bond acceptors (Lipinski definition) is 3. The van der Waals surface area contributed by atoms with Gasteiger partial charge in [-0.1, -0.05) is 42.0 Å². The van der Waals surface area contributed by atoms with Crippen molar-refractivity contribution in [3.63, 3.8) is 0 Å². The largest absolute Gasteiger partial charge is 0.491 e. The Morgan fingerprint density at radius 2 is 1.94 bits per heavy atom. The van der Waals surface area contributed by atoms with Gasteiger partial charge in [-0.2, -0.15) is 0 Å². The number of H-pyrrole nitrogens is 1. The molecule has 0 bridgehead atoms. The third-order valence-electron chi connectivity index (χ3n) is 2.36. The lowest BCUT2D eigenvalue weighted by atomic mass is 10.1. The van der Waals surface area contributed by atoms with Gasteiger partial charge in [0.05, 0.1) is 19.1 Å². The maximum absolute atomic E-state index is 5.26. The first-order valence-electron chi connectivity index (χ1n) is 4.91. The number of aromatic nitrogens is 2. The van der Waals surface area contributed by atoms with Crippen LogP contribution in [0.2, 0.25) is 0 Å². The zero-order valence-electron chi connectivity index (χ0n) is 9.15. The minimum absolute atomic E-state index is 0.469. The van der Waals surface area contributed by atoms with Crippen LogP contribution >= 0.6 is 12.2 Å². The Hall–Kier alpha value is -1.68. The second-order valence-electron chi connectivity index (χ2n) is 3.48. The third-order valence-corrected chi connectivity index (χ3v) is 2.65. The summed E-state index contributed by atoms with van der Waals surface area (Å²) in [5.74, 6) is 0.612. The summed E-state index contributed by atoms with van der Waals surface area (Å²) in [6.07, 6.45) is 1.58.